The Hall–Kier alpha value is -2.40. The number of ether oxygens (including phenoxy) is 1. The summed E-state index contributed by atoms with van der Waals surface area (Å²) in [5.74, 6) is -2.88. The lowest BCUT2D eigenvalue weighted by Gasteiger charge is -2.28. The van der Waals surface area contributed by atoms with Crippen LogP contribution in [0.1, 0.15) is 41.0 Å². The number of carbonyl (C=O) groups excluding carboxylic acids is 3. The molecule has 0 aliphatic carbocycles. The fraction of sp³-hybridized carbons (Fsp3) is 0.765. The van der Waals surface area contributed by atoms with E-state index in [9.17, 15) is 34.5 Å². The fourth-order valence-corrected chi connectivity index (χ4v) is 2.77. The molecule has 0 aromatic carbocycles. The van der Waals surface area contributed by atoms with E-state index in [1.165, 1.54) is 13.8 Å². The lowest BCUT2D eigenvalue weighted by Crippen LogP contribution is -2.58. The maximum absolute atomic E-state index is 12.5. The lowest BCUT2D eigenvalue weighted by molar-refractivity contribution is -0.152. The Morgan fingerprint density at radius 1 is 1.14 bits per heavy atom. The van der Waals surface area contributed by atoms with Gasteiger partial charge in [0.1, 0.15) is 17.7 Å². The van der Waals surface area contributed by atoms with E-state index >= 15 is 0 Å². The Bertz CT molecular complexity index is 616. The highest BCUT2D eigenvalue weighted by Gasteiger charge is 2.42. The summed E-state index contributed by atoms with van der Waals surface area (Å²) < 4.78 is 5.05. The summed E-state index contributed by atoms with van der Waals surface area (Å²) in [6, 6.07) is -3.91. The maximum Gasteiger partial charge on any atom is 0.408 e. The van der Waals surface area contributed by atoms with Crippen molar-refractivity contribution in [1.82, 2.24) is 15.5 Å². The summed E-state index contributed by atoms with van der Waals surface area (Å²) in [4.78, 5) is 49.0. The smallest absolute Gasteiger partial charge is 0.408 e. The van der Waals surface area contributed by atoms with Crippen LogP contribution < -0.4 is 10.6 Å². The number of aliphatic hydroxyl groups excluding tert-OH is 2. The Kier molecular flexibility index (Phi) is 7.76. The standard InChI is InChI=1S/C17H29N3O8/c1-8(14(24)20-7-6-10(22)12(20)15(25)26)18-13(23)11(9(2)21)19-16(27)28-17(3,4)5/h8-12,21-22H,6-7H2,1-5H3,(H,18,23)(H,19,27)(H,25,26)/t8-,9-,10+,11-,12+/m1/s1. The van der Waals surface area contributed by atoms with Crippen molar-refractivity contribution in [3.05, 3.63) is 0 Å². The van der Waals surface area contributed by atoms with Gasteiger partial charge in [0.05, 0.1) is 12.2 Å². The van der Waals surface area contributed by atoms with Crippen molar-refractivity contribution >= 4 is 23.9 Å². The number of likely N-dealkylation sites (tertiary alicyclic amines) is 1. The predicted molar refractivity (Wildman–Crippen MR) is 96.2 cm³/mol. The predicted octanol–water partition coefficient (Wildman–Crippen LogP) is -1.19. The molecule has 0 unspecified atom stereocenters. The summed E-state index contributed by atoms with van der Waals surface area (Å²) in [5, 5.41) is 33.3. The number of carboxylic acid groups (broad SMARTS) is 1. The Balaban J connectivity index is 2.78. The number of aliphatic hydroxyl groups is 2. The summed E-state index contributed by atoms with van der Waals surface area (Å²) in [6.45, 7) is 7.56. The van der Waals surface area contributed by atoms with Crippen molar-refractivity contribution in [2.24, 2.45) is 0 Å². The third-order valence-electron chi connectivity index (χ3n) is 4.07. The van der Waals surface area contributed by atoms with E-state index in [0.29, 0.717) is 0 Å². The molecule has 160 valence electrons. The highest BCUT2D eigenvalue weighted by Crippen LogP contribution is 2.19. The maximum atomic E-state index is 12.5. The van der Waals surface area contributed by atoms with Crippen LogP contribution in [0.15, 0.2) is 0 Å². The third-order valence-corrected chi connectivity index (χ3v) is 4.07. The number of amides is 3. The summed E-state index contributed by atoms with van der Waals surface area (Å²) >= 11 is 0. The molecule has 3 amide bonds. The molecule has 0 aromatic rings. The average Bonchev–Trinajstić information content (AvgIpc) is 2.91. The summed E-state index contributed by atoms with van der Waals surface area (Å²) in [7, 11) is 0. The van der Waals surface area contributed by atoms with Crippen LogP contribution in [0.3, 0.4) is 0 Å². The highest BCUT2D eigenvalue weighted by atomic mass is 16.6. The van der Waals surface area contributed by atoms with Crippen molar-refractivity contribution < 1.29 is 39.2 Å². The van der Waals surface area contributed by atoms with Crippen molar-refractivity contribution in [3.8, 4) is 0 Å². The van der Waals surface area contributed by atoms with Crippen LogP contribution in [0.4, 0.5) is 4.79 Å². The van der Waals surface area contributed by atoms with Gasteiger partial charge in [-0.1, -0.05) is 0 Å². The molecule has 0 saturated carbocycles. The second-order valence-corrected chi connectivity index (χ2v) is 7.77. The monoisotopic (exact) mass is 403 g/mol. The molecule has 5 atom stereocenters. The molecule has 0 bridgehead atoms. The number of carbonyl (C=O) groups is 4. The molecule has 1 fully saturated rings. The lowest BCUT2D eigenvalue weighted by atomic mass is 10.1. The normalized spacial score (nSPS) is 22.8. The van der Waals surface area contributed by atoms with Crippen molar-refractivity contribution in [2.45, 2.75) is 77.0 Å². The van der Waals surface area contributed by atoms with Gasteiger partial charge in [-0.3, -0.25) is 9.59 Å². The minimum Gasteiger partial charge on any atom is -0.480 e. The number of nitrogens with one attached hydrogen (secondary N) is 2. The van der Waals surface area contributed by atoms with Crippen molar-refractivity contribution in [2.75, 3.05) is 6.54 Å². The number of hydrogen-bond donors (Lipinski definition) is 5. The van der Waals surface area contributed by atoms with Gasteiger partial charge in [-0.15, -0.1) is 0 Å². The molecular weight excluding hydrogens is 374 g/mol. The van der Waals surface area contributed by atoms with E-state index in [-0.39, 0.29) is 13.0 Å². The zero-order valence-corrected chi connectivity index (χ0v) is 16.6. The minimum absolute atomic E-state index is 0.0349. The molecule has 1 aliphatic heterocycles. The molecule has 1 rings (SSSR count). The van der Waals surface area contributed by atoms with Crippen LogP contribution in [-0.2, 0) is 19.1 Å². The van der Waals surface area contributed by atoms with Crippen LogP contribution in [0.5, 0.6) is 0 Å². The van der Waals surface area contributed by atoms with E-state index < -0.39 is 59.8 Å². The van der Waals surface area contributed by atoms with Gasteiger partial charge >= 0.3 is 12.1 Å². The van der Waals surface area contributed by atoms with Gasteiger partial charge in [0.15, 0.2) is 6.04 Å². The number of aliphatic carboxylic acids is 1. The summed E-state index contributed by atoms with van der Waals surface area (Å²) in [6.07, 6.45) is -3.28. The van der Waals surface area contributed by atoms with Gasteiger partial charge in [0.25, 0.3) is 0 Å². The first-order chi connectivity index (χ1) is 12.7. The van der Waals surface area contributed by atoms with Gasteiger partial charge in [-0.05, 0) is 41.0 Å². The molecule has 1 saturated heterocycles. The fourth-order valence-electron chi connectivity index (χ4n) is 2.77. The first kappa shape index (κ1) is 23.6. The molecule has 0 spiro atoms. The molecule has 0 radical (unpaired) electrons. The van der Waals surface area contributed by atoms with E-state index in [2.05, 4.69) is 10.6 Å². The molecule has 1 heterocycles. The molecule has 1 aliphatic rings. The zero-order valence-electron chi connectivity index (χ0n) is 16.6. The SMILES string of the molecule is C[C@@H](NC(=O)[C@H](NC(=O)OC(C)(C)C)[C@@H](C)O)C(=O)N1CC[C@H](O)[C@H]1C(=O)O. The molecule has 11 heteroatoms. The van der Waals surface area contributed by atoms with Gasteiger partial charge in [0, 0.05) is 6.54 Å². The first-order valence-electron chi connectivity index (χ1n) is 8.94. The van der Waals surface area contributed by atoms with Crippen LogP contribution in [-0.4, -0.2) is 86.6 Å². The van der Waals surface area contributed by atoms with E-state index in [1.807, 2.05) is 0 Å². The number of hydrogen-bond acceptors (Lipinski definition) is 7. The van der Waals surface area contributed by atoms with Gasteiger partial charge in [-0.25, -0.2) is 9.59 Å². The zero-order chi connectivity index (χ0) is 21.8. The van der Waals surface area contributed by atoms with E-state index in [4.69, 9.17) is 4.74 Å². The quantitative estimate of drug-likeness (QED) is 0.369. The number of nitrogens with zero attached hydrogens (tertiary/aromatic N) is 1. The third kappa shape index (κ3) is 6.34. The first-order valence-corrected chi connectivity index (χ1v) is 8.94. The minimum atomic E-state index is -1.39. The number of rotatable bonds is 6. The molecule has 11 nitrogen and oxygen atoms in total. The van der Waals surface area contributed by atoms with Crippen LogP contribution in [0, 0.1) is 0 Å². The molecule has 28 heavy (non-hydrogen) atoms. The highest BCUT2D eigenvalue weighted by molar-refractivity contribution is 5.93. The van der Waals surface area contributed by atoms with E-state index in [1.54, 1.807) is 20.8 Å². The van der Waals surface area contributed by atoms with Crippen LogP contribution >= 0.6 is 0 Å². The average molecular weight is 403 g/mol. The topological polar surface area (TPSA) is 166 Å². The van der Waals surface area contributed by atoms with Gasteiger partial charge < -0.3 is 35.6 Å². The Labute approximate surface area is 163 Å². The van der Waals surface area contributed by atoms with Gasteiger partial charge in [0.2, 0.25) is 11.8 Å². The summed E-state index contributed by atoms with van der Waals surface area (Å²) in [5.41, 5.74) is -0.810. The van der Waals surface area contributed by atoms with Crippen molar-refractivity contribution in [1.29, 1.82) is 0 Å². The molecule has 5 N–H and O–H groups in total. The largest absolute Gasteiger partial charge is 0.480 e. The molecular formula is C17H29N3O8. The Morgan fingerprint density at radius 3 is 2.18 bits per heavy atom. The van der Waals surface area contributed by atoms with Crippen LogP contribution in [0.2, 0.25) is 0 Å². The number of carboxylic acids is 1. The second kappa shape index (κ2) is 9.20. The second-order valence-electron chi connectivity index (χ2n) is 7.77. The number of alkyl carbamates (subject to hydrolysis) is 1. The van der Waals surface area contributed by atoms with E-state index in [0.717, 1.165) is 4.90 Å². The molecule has 0 aromatic heterocycles. The van der Waals surface area contributed by atoms with Gasteiger partial charge in [-0.2, -0.15) is 0 Å². The van der Waals surface area contributed by atoms with Crippen molar-refractivity contribution in [3.63, 3.8) is 0 Å². The van der Waals surface area contributed by atoms with Crippen LogP contribution in [0.25, 0.3) is 0 Å². The Morgan fingerprint density at radius 2 is 1.71 bits per heavy atom.